The first-order chi connectivity index (χ1) is 48.7. The lowest BCUT2D eigenvalue weighted by atomic mass is 10.1. The number of phosphoric acid groups is 2. The largest absolute Gasteiger partial charge is 0.472 e. The summed E-state index contributed by atoms with van der Waals surface area (Å²) in [5.41, 5.74) is 0. The molecule has 0 spiro atoms. The van der Waals surface area contributed by atoms with Gasteiger partial charge in [-0.1, -0.05) is 267 Å². The third kappa shape index (κ3) is 72.6. The summed E-state index contributed by atoms with van der Waals surface area (Å²) in [6.07, 6.45) is 75.5. The summed E-state index contributed by atoms with van der Waals surface area (Å²) in [4.78, 5) is 73.0. The molecule has 0 saturated carbocycles. The Morgan fingerprint density at radius 1 is 0.290 bits per heavy atom. The van der Waals surface area contributed by atoms with Gasteiger partial charge in [0.05, 0.1) is 26.4 Å². The fourth-order valence-electron chi connectivity index (χ4n) is 10.7. The van der Waals surface area contributed by atoms with E-state index >= 15 is 0 Å². The molecule has 0 bridgehead atoms. The number of phosphoric ester groups is 2. The van der Waals surface area contributed by atoms with Gasteiger partial charge < -0.3 is 33.8 Å². The number of allylic oxidation sites excluding steroid dienone is 14. The number of ether oxygens (including phenoxy) is 4. The second-order valence-corrected chi connectivity index (χ2v) is 29.6. The molecule has 0 saturated heterocycles. The fraction of sp³-hybridized carbons (Fsp3) is 0.778. The highest BCUT2D eigenvalue weighted by molar-refractivity contribution is 7.47. The summed E-state index contributed by atoms with van der Waals surface area (Å²) < 4.78 is 68.6. The molecular formula is C81H144O17P2. The average Bonchev–Trinajstić information content (AvgIpc) is 1.01. The summed E-state index contributed by atoms with van der Waals surface area (Å²) in [6.45, 7) is 4.78. The quantitative estimate of drug-likeness (QED) is 0.0128. The van der Waals surface area contributed by atoms with Crippen molar-refractivity contribution < 1.29 is 80.2 Å². The molecule has 100 heavy (non-hydrogen) atoms. The van der Waals surface area contributed by atoms with Gasteiger partial charge in [0.15, 0.2) is 12.2 Å². The molecule has 0 aromatic heterocycles. The van der Waals surface area contributed by atoms with Gasteiger partial charge in [-0.2, -0.15) is 0 Å². The standard InChI is InChI=1S/C81H144O17P2/c1-5-9-13-17-21-25-29-33-37-41-45-49-53-57-61-65-78(83)91-71-76(97-80(85)67-63-59-55-51-47-43-39-35-31-27-23-19-15-11-7-3)73-95-99(87,88)93-69-75(82)70-94-100(89,90)96-74-77(98-81(86)68-64-60-56-52-48-44-40-36-32-28-24-20-16-12-8-4)72-92-79(84)66-62-58-54-50-46-42-38-34-30-26-22-18-14-10-6-2/h21,23,25-27,30,33-40,75-77,82H,5-20,22,24,28-29,31-32,41-74H2,1-4H3,(H,87,88)(H,89,90)/b25-21-,27-23-,30-26-,37-33-,38-34-,39-35-,40-36-/t75-,76-,77-/m1/s1. The van der Waals surface area contributed by atoms with Crippen LogP contribution in [0.25, 0.3) is 0 Å². The van der Waals surface area contributed by atoms with E-state index in [2.05, 4.69) is 113 Å². The summed E-state index contributed by atoms with van der Waals surface area (Å²) >= 11 is 0. The molecule has 3 N–H and O–H groups in total. The number of aliphatic hydroxyl groups excluding tert-OH is 1. The van der Waals surface area contributed by atoms with Crippen molar-refractivity contribution in [1.82, 2.24) is 0 Å². The molecule has 2 unspecified atom stereocenters. The van der Waals surface area contributed by atoms with Crippen LogP contribution in [-0.2, 0) is 65.4 Å². The topological polar surface area (TPSA) is 237 Å². The third-order valence-corrected chi connectivity index (χ3v) is 18.7. The Balaban J connectivity index is 5.38. The van der Waals surface area contributed by atoms with Crippen LogP contribution >= 0.6 is 15.6 Å². The summed E-state index contributed by atoms with van der Waals surface area (Å²) in [5, 5.41) is 10.6. The smallest absolute Gasteiger partial charge is 0.462 e. The number of hydrogen-bond donors (Lipinski definition) is 3. The zero-order valence-electron chi connectivity index (χ0n) is 63.4. The van der Waals surface area contributed by atoms with Crippen molar-refractivity contribution in [3.05, 3.63) is 85.1 Å². The number of aliphatic hydroxyl groups is 1. The van der Waals surface area contributed by atoms with E-state index in [1.807, 2.05) is 0 Å². The first-order valence-electron chi connectivity index (χ1n) is 39.8. The highest BCUT2D eigenvalue weighted by atomic mass is 31.2. The van der Waals surface area contributed by atoms with Crippen LogP contribution in [-0.4, -0.2) is 96.7 Å². The van der Waals surface area contributed by atoms with E-state index in [1.165, 1.54) is 103 Å². The molecule has 0 aromatic rings. The third-order valence-electron chi connectivity index (χ3n) is 16.8. The van der Waals surface area contributed by atoms with Gasteiger partial charge in [-0.05, 0) is 141 Å². The molecule has 0 aromatic carbocycles. The van der Waals surface area contributed by atoms with Gasteiger partial charge in [-0.25, -0.2) is 9.13 Å². The van der Waals surface area contributed by atoms with Crippen LogP contribution in [0.5, 0.6) is 0 Å². The van der Waals surface area contributed by atoms with Crippen molar-refractivity contribution in [2.75, 3.05) is 39.6 Å². The van der Waals surface area contributed by atoms with E-state index < -0.39 is 97.5 Å². The second-order valence-electron chi connectivity index (χ2n) is 26.7. The van der Waals surface area contributed by atoms with Crippen molar-refractivity contribution in [3.63, 3.8) is 0 Å². The maximum atomic E-state index is 13.1. The minimum Gasteiger partial charge on any atom is -0.462 e. The Morgan fingerprint density at radius 2 is 0.520 bits per heavy atom. The van der Waals surface area contributed by atoms with Crippen LogP contribution in [0.1, 0.15) is 349 Å². The van der Waals surface area contributed by atoms with Gasteiger partial charge in [-0.3, -0.25) is 37.3 Å². The molecule has 580 valence electrons. The minimum absolute atomic E-state index is 0.0767. The van der Waals surface area contributed by atoms with Crippen molar-refractivity contribution in [2.45, 2.75) is 367 Å². The zero-order valence-corrected chi connectivity index (χ0v) is 65.2. The van der Waals surface area contributed by atoms with Crippen molar-refractivity contribution in [2.24, 2.45) is 0 Å². The lowest BCUT2D eigenvalue weighted by molar-refractivity contribution is -0.161. The minimum atomic E-state index is -4.98. The normalized spacial score (nSPS) is 14.3. The van der Waals surface area contributed by atoms with Crippen LogP contribution < -0.4 is 0 Å². The van der Waals surface area contributed by atoms with Crippen LogP contribution in [0.15, 0.2) is 85.1 Å². The first kappa shape index (κ1) is 96.2. The molecule has 0 aliphatic heterocycles. The van der Waals surface area contributed by atoms with Gasteiger partial charge in [0.25, 0.3) is 0 Å². The van der Waals surface area contributed by atoms with Gasteiger partial charge >= 0.3 is 39.5 Å². The van der Waals surface area contributed by atoms with E-state index in [0.717, 1.165) is 167 Å². The predicted molar refractivity (Wildman–Crippen MR) is 409 cm³/mol. The zero-order chi connectivity index (χ0) is 73.2. The monoisotopic (exact) mass is 1450 g/mol. The molecule has 19 heteroatoms. The summed E-state index contributed by atoms with van der Waals surface area (Å²) in [5.74, 6) is -2.21. The van der Waals surface area contributed by atoms with Crippen LogP contribution in [0, 0.1) is 0 Å². The predicted octanol–water partition coefficient (Wildman–Crippen LogP) is 23.0. The molecule has 17 nitrogen and oxygen atoms in total. The van der Waals surface area contributed by atoms with Crippen LogP contribution in [0.3, 0.4) is 0 Å². The molecule has 0 radical (unpaired) electrons. The van der Waals surface area contributed by atoms with Crippen LogP contribution in [0.4, 0.5) is 0 Å². The molecule has 0 rings (SSSR count). The molecule has 0 heterocycles. The number of rotatable bonds is 75. The molecule has 5 atom stereocenters. The van der Waals surface area contributed by atoms with Gasteiger partial charge in [-0.15, -0.1) is 0 Å². The van der Waals surface area contributed by atoms with Gasteiger partial charge in [0, 0.05) is 25.7 Å². The fourth-order valence-corrected chi connectivity index (χ4v) is 12.3. The Morgan fingerprint density at radius 3 is 0.840 bits per heavy atom. The number of hydrogen-bond acceptors (Lipinski definition) is 15. The molecular weight excluding hydrogens is 1310 g/mol. The van der Waals surface area contributed by atoms with Gasteiger partial charge in [0.2, 0.25) is 0 Å². The SMILES string of the molecule is CCCCC/C=C\C/C=C\CCCCCCCC(=O)OC[C@H](COP(=O)(O)OC[C@@H](O)COP(=O)(O)OC[C@@H](COC(=O)CCCCCCC/C=C\C=C/CCCCCC)OC(=O)CCCCCCC/C=C\CCCCCCCC)OC(=O)CCCCCCC/C=C\C/C=C\CCCCC. The van der Waals surface area contributed by atoms with E-state index in [-0.39, 0.29) is 25.7 Å². The lowest BCUT2D eigenvalue weighted by Crippen LogP contribution is -2.30. The lowest BCUT2D eigenvalue weighted by Gasteiger charge is -2.21. The number of carbonyl (C=O) groups is 4. The maximum absolute atomic E-state index is 13.1. The second kappa shape index (κ2) is 73.5. The molecule has 0 fully saturated rings. The summed E-state index contributed by atoms with van der Waals surface area (Å²) in [7, 11) is -9.96. The first-order valence-corrected chi connectivity index (χ1v) is 42.8. The van der Waals surface area contributed by atoms with Crippen molar-refractivity contribution in [3.8, 4) is 0 Å². The number of esters is 4. The van der Waals surface area contributed by atoms with Crippen molar-refractivity contribution >= 4 is 39.5 Å². The molecule has 0 aliphatic carbocycles. The average molecular weight is 1450 g/mol. The molecule has 0 amide bonds. The van der Waals surface area contributed by atoms with Crippen molar-refractivity contribution in [1.29, 1.82) is 0 Å². The van der Waals surface area contributed by atoms with E-state index in [0.29, 0.717) is 25.7 Å². The highest BCUT2D eigenvalue weighted by Gasteiger charge is 2.30. The van der Waals surface area contributed by atoms with Crippen LogP contribution in [0.2, 0.25) is 0 Å². The van der Waals surface area contributed by atoms with E-state index in [9.17, 15) is 43.2 Å². The Labute approximate surface area is 608 Å². The Hall–Kier alpha value is -3.76. The Kier molecular flexibility index (Phi) is 70.8. The summed E-state index contributed by atoms with van der Waals surface area (Å²) in [6, 6.07) is 0. The maximum Gasteiger partial charge on any atom is 0.472 e. The van der Waals surface area contributed by atoms with E-state index in [4.69, 9.17) is 37.0 Å². The van der Waals surface area contributed by atoms with E-state index in [1.54, 1.807) is 0 Å². The number of carbonyl (C=O) groups excluding carboxylic acids is 4. The highest BCUT2D eigenvalue weighted by Crippen LogP contribution is 2.45. The molecule has 0 aliphatic rings. The Bertz CT molecular complexity index is 2230. The van der Waals surface area contributed by atoms with Gasteiger partial charge in [0.1, 0.15) is 19.3 Å². The number of unbranched alkanes of at least 4 members (excludes halogenated alkanes) is 36.